The summed E-state index contributed by atoms with van der Waals surface area (Å²) in [7, 11) is 0. The first-order valence-electron chi connectivity index (χ1n) is 9.77. The zero-order chi connectivity index (χ0) is 18.6. The number of piperidine rings is 1. The van der Waals surface area contributed by atoms with Gasteiger partial charge in [-0.25, -0.2) is 4.98 Å². The van der Waals surface area contributed by atoms with E-state index in [1.807, 2.05) is 21.8 Å². The molecule has 0 spiro atoms. The van der Waals surface area contributed by atoms with Gasteiger partial charge in [0.15, 0.2) is 5.69 Å². The van der Waals surface area contributed by atoms with Crippen LogP contribution < -0.4 is 10.2 Å². The lowest BCUT2D eigenvalue weighted by atomic mass is 10.00. The SMILES string of the molecule is Cc1cccnc1N1CCN(C(=O)c2cn(CC3CCCNC3)nn2)CC1. The average Bonchev–Trinajstić information content (AvgIpc) is 3.17. The summed E-state index contributed by atoms with van der Waals surface area (Å²) in [6, 6.07) is 4.02. The Morgan fingerprint density at radius 1 is 1.30 bits per heavy atom. The van der Waals surface area contributed by atoms with E-state index in [4.69, 9.17) is 0 Å². The largest absolute Gasteiger partial charge is 0.353 e. The fourth-order valence-corrected chi connectivity index (χ4v) is 3.92. The van der Waals surface area contributed by atoms with Crippen molar-refractivity contribution in [3.63, 3.8) is 0 Å². The lowest BCUT2D eigenvalue weighted by molar-refractivity contribution is 0.0740. The van der Waals surface area contributed by atoms with Crippen molar-refractivity contribution in [3.05, 3.63) is 35.8 Å². The predicted octanol–water partition coefficient (Wildman–Crippen LogP) is 0.944. The molecule has 2 aliphatic rings. The minimum absolute atomic E-state index is 0.0274. The first-order chi connectivity index (χ1) is 13.2. The number of carbonyl (C=O) groups is 1. The average molecular weight is 369 g/mol. The summed E-state index contributed by atoms with van der Waals surface area (Å²) in [6.07, 6.45) is 6.02. The molecule has 1 amide bonds. The number of nitrogens with zero attached hydrogens (tertiary/aromatic N) is 6. The standard InChI is InChI=1S/C19H27N7O/c1-15-4-2-7-21-18(15)24-8-10-25(11-9-24)19(27)17-14-26(23-22-17)13-16-5-3-6-20-12-16/h2,4,7,14,16,20H,3,5-6,8-13H2,1H3. The molecule has 0 bridgehead atoms. The third-order valence-electron chi connectivity index (χ3n) is 5.45. The maximum absolute atomic E-state index is 12.8. The van der Waals surface area contributed by atoms with E-state index < -0.39 is 0 Å². The summed E-state index contributed by atoms with van der Waals surface area (Å²) in [6.45, 7) is 7.92. The predicted molar refractivity (Wildman–Crippen MR) is 103 cm³/mol. The number of amides is 1. The van der Waals surface area contributed by atoms with Gasteiger partial charge in [0.25, 0.3) is 5.91 Å². The van der Waals surface area contributed by atoms with Crippen LogP contribution in [0.4, 0.5) is 5.82 Å². The Balaban J connectivity index is 1.33. The monoisotopic (exact) mass is 369 g/mol. The van der Waals surface area contributed by atoms with Crippen molar-refractivity contribution in [2.45, 2.75) is 26.3 Å². The summed E-state index contributed by atoms with van der Waals surface area (Å²) >= 11 is 0. The molecule has 0 aliphatic carbocycles. The van der Waals surface area contributed by atoms with Crippen molar-refractivity contribution in [3.8, 4) is 0 Å². The number of aromatic nitrogens is 4. The molecule has 0 saturated carbocycles. The van der Waals surface area contributed by atoms with Gasteiger partial charge in [0.05, 0.1) is 6.20 Å². The molecular weight excluding hydrogens is 342 g/mol. The number of piperazine rings is 1. The van der Waals surface area contributed by atoms with Crippen LogP contribution in [-0.4, -0.2) is 70.1 Å². The molecule has 4 rings (SSSR count). The van der Waals surface area contributed by atoms with Crippen molar-refractivity contribution in [1.82, 2.24) is 30.2 Å². The summed E-state index contributed by atoms with van der Waals surface area (Å²) in [5.41, 5.74) is 1.61. The number of aryl methyl sites for hydroxylation is 1. The Bertz CT molecular complexity index is 776. The van der Waals surface area contributed by atoms with Crippen LogP contribution in [-0.2, 0) is 6.54 Å². The fourth-order valence-electron chi connectivity index (χ4n) is 3.92. The minimum atomic E-state index is -0.0274. The van der Waals surface area contributed by atoms with Gasteiger partial charge in [-0.15, -0.1) is 5.10 Å². The number of pyridine rings is 1. The van der Waals surface area contributed by atoms with E-state index >= 15 is 0 Å². The van der Waals surface area contributed by atoms with Gasteiger partial charge in [0, 0.05) is 38.9 Å². The zero-order valence-electron chi connectivity index (χ0n) is 15.8. The Morgan fingerprint density at radius 3 is 2.89 bits per heavy atom. The molecule has 27 heavy (non-hydrogen) atoms. The molecule has 2 aliphatic heterocycles. The third kappa shape index (κ3) is 4.10. The van der Waals surface area contributed by atoms with Gasteiger partial charge in [-0.2, -0.15) is 0 Å². The van der Waals surface area contributed by atoms with E-state index in [0.717, 1.165) is 44.1 Å². The highest BCUT2D eigenvalue weighted by Gasteiger charge is 2.25. The van der Waals surface area contributed by atoms with Crippen molar-refractivity contribution < 1.29 is 4.79 Å². The molecule has 1 N–H and O–H groups in total. The van der Waals surface area contributed by atoms with E-state index in [2.05, 4.69) is 38.5 Å². The molecule has 2 aromatic rings. The maximum Gasteiger partial charge on any atom is 0.276 e. The normalized spacial score (nSPS) is 20.7. The third-order valence-corrected chi connectivity index (χ3v) is 5.45. The van der Waals surface area contributed by atoms with Gasteiger partial charge < -0.3 is 15.1 Å². The number of nitrogens with one attached hydrogen (secondary N) is 1. The molecule has 4 heterocycles. The Morgan fingerprint density at radius 2 is 2.15 bits per heavy atom. The van der Waals surface area contributed by atoms with Crippen LogP contribution in [0.2, 0.25) is 0 Å². The Labute approximate surface area is 159 Å². The van der Waals surface area contributed by atoms with E-state index in [0.29, 0.717) is 24.7 Å². The van der Waals surface area contributed by atoms with Gasteiger partial charge in [0.2, 0.25) is 0 Å². The van der Waals surface area contributed by atoms with Crippen LogP contribution in [0.15, 0.2) is 24.5 Å². The van der Waals surface area contributed by atoms with E-state index in [-0.39, 0.29) is 5.91 Å². The Kier molecular flexibility index (Phi) is 5.33. The fraction of sp³-hybridized carbons (Fsp3) is 0.579. The van der Waals surface area contributed by atoms with Crippen molar-refractivity contribution in [2.24, 2.45) is 5.92 Å². The van der Waals surface area contributed by atoms with Crippen LogP contribution in [0.25, 0.3) is 0 Å². The second-order valence-corrected chi connectivity index (χ2v) is 7.46. The van der Waals surface area contributed by atoms with Crippen LogP contribution in [0.3, 0.4) is 0 Å². The first kappa shape index (κ1) is 17.9. The van der Waals surface area contributed by atoms with Gasteiger partial charge in [-0.05, 0) is 50.4 Å². The number of rotatable bonds is 4. The molecule has 0 aromatic carbocycles. The van der Waals surface area contributed by atoms with Gasteiger partial charge in [0.1, 0.15) is 5.82 Å². The van der Waals surface area contributed by atoms with Crippen LogP contribution >= 0.6 is 0 Å². The lowest BCUT2D eigenvalue weighted by Crippen LogP contribution is -2.49. The molecular formula is C19H27N7O. The number of hydrogen-bond donors (Lipinski definition) is 1. The molecule has 2 saturated heterocycles. The van der Waals surface area contributed by atoms with Crippen molar-refractivity contribution in [2.75, 3.05) is 44.2 Å². The number of anilines is 1. The summed E-state index contributed by atoms with van der Waals surface area (Å²) < 4.78 is 1.82. The molecule has 8 nitrogen and oxygen atoms in total. The topological polar surface area (TPSA) is 79.2 Å². The number of hydrogen-bond acceptors (Lipinski definition) is 6. The van der Waals surface area contributed by atoms with Gasteiger partial charge >= 0.3 is 0 Å². The molecule has 8 heteroatoms. The zero-order valence-corrected chi connectivity index (χ0v) is 15.8. The molecule has 1 unspecified atom stereocenters. The summed E-state index contributed by atoms with van der Waals surface area (Å²) in [5.74, 6) is 1.55. The Hall–Kier alpha value is -2.48. The minimum Gasteiger partial charge on any atom is -0.353 e. The maximum atomic E-state index is 12.8. The highest BCUT2D eigenvalue weighted by atomic mass is 16.2. The van der Waals surface area contributed by atoms with Gasteiger partial charge in [-0.1, -0.05) is 11.3 Å². The van der Waals surface area contributed by atoms with E-state index in [1.165, 1.54) is 12.8 Å². The van der Waals surface area contributed by atoms with E-state index in [1.54, 1.807) is 6.20 Å². The quantitative estimate of drug-likeness (QED) is 0.864. The number of carbonyl (C=O) groups excluding carboxylic acids is 1. The van der Waals surface area contributed by atoms with Gasteiger partial charge in [-0.3, -0.25) is 9.48 Å². The highest BCUT2D eigenvalue weighted by Crippen LogP contribution is 2.18. The smallest absolute Gasteiger partial charge is 0.276 e. The van der Waals surface area contributed by atoms with Crippen LogP contribution in [0, 0.1) is 12.8 Å². The van der Waals surface area contributed by atoms with Crippen LogP contribution in [0.1, 0.15) is 28.9 Å². The summed E-state index contributed by atoms with van der Waals surface area (Å²) in [5, 5.41) is 11.7. The molecule has 2 fully saturated rings. The summed E-state index contributed by atoms with van der Waals surface area (Å²) in [4.78, 5) is 21.4. The first-order valence-corrected chi connectivity index (χ1v) is 9.77. The lowest BCUT2D eigenvalue weighted by Gasteiger charge is -2.35. The molecule has 0 radical (unpaired) electrons. The molecule has 2 aromatic heterocycles. The second kappa shape index (κ2) is 8.04. The van der Waals surface area contributed by atoms with E-state index in [9.17, 15) is 4.79 Å². The molecule has 144 valence electrons. The molecule has 1 atom stereocenters. The second-order valence-electron chi connectivity index (χ2n) is 7.46. The van der Waals surface area contributed by atoms with Crippen molar-refractivity contribution >= 4 is 11.7 Å². The van der Waals surface area contributed by atoms with Crippen LogP contribution in [0.5, 0.6) is 0 Å². The highest BCUT2D eigenvalue weighted by molar-refractivity contribution is 5.92. The van der Waals surface area contributed by atoms with Crippen molar-refractivity contribution in [1.29, 1.82) is 0 Å².